The van der Waals surface area contributed by atoms with E-state index in [9.17, 15) is 8.78 Å². The summed E-state index contributed by atoms with van der Waals surface area (Å²) in [7, 11) is 0. The molecule has 0 N–H and O–H groups in total. The van der Waals surface area contributed by atoms with Gasteiger partial charge in [0.05, 0.1) is 0 Å². The molecule has 0 bridgehead atoms. The molecule has 5 heteroatoms. The Hall–Kier alpha value is -0.630. The monoisotopic (exact) mass is 308 g/mol. The zero-order valence-corrected chi connectivity index (χ0v) is 10.4. The summed E-state index contributed by atoms with van der Waals surface area (Å²) in [6, 6.07) is 9.03. The lowest BCUT2D eigenvalue weighted by Gasteiger charge is -2.15. The first-order valence-corrected chi connectivity index (χ1v) is 5.71. The maximum atomic E-state index is 12.8. The summed E-state index contributed by atoms with van der Waals surface area (Å²) in [6.07, 6.45) is -3.42. The first-order valence-electron chi connectivity index (χ1n) is 4.36. The summed E-state index contributed by atoms with van der Waals surface area (Å²) in [5.41, 5.74) is 0.746. The van der Waals surface area contributed by atoms with E-state index in [1.165, 1.54) is 0 Å². The highest BCUT2D eigenvalue weighted by Gasteiger charge is 2.37. The number of rotatable bonds is 3. The van der Waals surface area contributed by atoms with Gasteiger partial charge in [0.25, 0.3) is 0 Å². The van der Waals surface area contributed by atoms with Crippen molar-refractivity contribution >= 4 is 27.5 Å². The van der Waals surface area contributed by atoms with Gasteiger partial charge in [-0.2, -0.15) is 8.78 Å². The molecule has 1 aromatic rings. The molecule has 1 atom stereocenters. The van der Waals surface area contributed by atoms with Crippen LogP contribution in [-0.4, -0.2) is 17.0 Å². The fourth-order valence-electron chi connectivity index (χ4n) is 0.855. The summed E-state index contributed by atoms with van der Waals surface area (Å²) in [5.74, 6) is 5.17. The fraction of sp³-hybridized carbons (Fsp3) is 0.273. The number of alkyl halides is 4. The number of halogens is 4. The Morgan fingerprint density at radius 2 is 2.00 bits per heavy atom. The summed E-state index contributed by atoms with van der Waals surface area (Å²) in [4.78, 5) is 0. The maximum Gasteiger partial charge on any atom is 0.382 e. The molecule has 0 radical (unpaired) electrons. The molecule has 0 saturated carbocycles. The Balaban J connectivity index is 2.45. The molecule has 0 aliphatic carbocycles. The predicted molar refractivity (Wildman–Crippen MR) is 62.8 cm³/mol. The van der Waals surface area contributed by atoms with Gasteiger partial charge in [-0.15, -0.1) is 11.6 Å². The van der Waals surface area contributed by atoms with E-state index in [1.54, 1.807) is 12.1 Å². The molecule has 0 aliphatic heterocycles. The normalized spacial score (nSPS) is 12.8. The molecule has 0 heterocycles. The second kappa shape index (κ2) is 6.19. The van der Waals surface area contributed by atoms with Gasteiger partial charge >= 0.3 is 6.11 Å². The van der Waals surface area contributed by atoms with Gasteiger partial charge in [-0.25, -0.2) is 0 Å². The van der Waals surface area contributed by atoms with Crippen LogP contribution in [0.2, 0.25) is 0 Å². The molecule has 16 heavy (non-hydrogen) atoms. The minimum atomic E-state index is -3.42. The van der Waals surface area contributed by atoms with Crippen molar-refractivity contribution in [3.8, 4) is 11.8 Å². The van der Waals surface area contributed by atoms with Gasteiger partial charge in [0.2, 0.25) is 0 Å². The predicted octanol–water partition coefficient (Wildman–Crippen LogP) is 3.61. The Bertz CT molecular complexity index is 384. The number of hydrogen-bond acceptors (Lipinski definition) is 1. The van der Waals surface area contributed by atoms with Crippen LogP contribution in [0, 0.1) is 11.8 Å². The minimum absolute atomic E-state index is 0.378. The van der Waals surface area contributed by atoms with Gasteiger partial charge in [0, 0.05) is 5.56 Å². The molecule has 0 aromatic heterocycles. The van der Waals surface area contributed by atoms with E-state index in [0.29, 0.717) is 0 Å². The average molecular weight is 310 g/mol. The molecule has 0 aliphatic rings. The lowest BCUT2D eigenvalue weighted by molar-refractivity contribution is -0.217. The molecule has 1 rings (SSSR count). The molecule has 0 amide bonds. The SMILES string of the molecule is FC(F)(OCC#Cc1ccccc1)C(Cl)Br. The summed E-state index contributed by atoms with van der Waals surface area (Å²) < 4.78 is 28.3. The van der Waals surface area contributed by atoms with Crippen molar-refractivity contribution in [2.75, 3.05) is 6.61 Å². The zero-order chi connectivity index (χ0) is 12.0. The third kappa shape index (κ3) is 4.48. The molecule has 0 saturated heterocycles. The lowest BCUT2D eigenvalue weighted by Crippen LogP contribution is -2.28. The van der Waals surface area contributed by atoms with Crippen LogP contribution in [0.15, 0.2) is 30.3 Å². The van der Waals surface area contributed by atoms with Gasteiger partial charge in [-0.05, 0) is 12.1 Å². The third-order valence-corrected chi connectivity index (χ3v) is 2.38. The minimum Gasteiger partial charge on any atom is -0.306 e. The van der Waals surface area contributed by atoms with E-state index >= 15 is 0 Å². The quantitative estimate of drug-likeness (QED) is 0.612. The fourth-order valence-corrected chi connectivity index (χ4v) is 1.05. The van der Waals surface area contributed by atoms with E-state index in [1.807, 2.05) is 18.2 Å². The number of benzene rings is 1. The van der Waals surface area contributed by atoms with E-state index in [2.05, 4.69) is 32.5 Å². The highest BCUT2D eigenvalue weighted by Crippen LogP contribution is 2.28. The van der Waals surface area contributed by atoms with Crippen molar-refractivity contribution in [3.63, 3.8) is 0 Å². The van der Waals surface area contributed by atoms with Crippen molar-refractivity contribution < 1.29 is 13.5 Å². The maximum absolute atomic E-state index is 12.8. The standard InChI is InChI=1S/C11H8BrClF2O/c12-10(13)11(14,15)16-8-4-7-9-5-2-1-3-6-9/h1-3,5-6,10H,8H2. The Labute approximate surface area is 106 Å². The molecule has 0 fully saturated rings. The smallest absolute Gasteiger partial charge is 0.306 e. The van der Waals surface area contributed by atoms with E-state index in [4.69, 9.17) is 11.6 Å². The molecule has 0 spiro atoms. The lowest BCUT2D eigenvalue weighted by atomic mass is 10.2. The van der Waals surface area contributed by atoms with Gasteiger partial charge < -0.3 is 4.74 Å². The molecular weight excluding hydrogens is 301 g/mol. The topological polar surface area (TPSA) is 9.23 Å². The summed E-state index contributed by atoms with van der Waals surface area (Å²) >= 11 is 7.69. The van der Waals surface area contributed by atoms with Crippen molar-refractivity contribution in [1.82, 2.24) is 0 Å². The number of ether oxygens (including phenoxy) is 1. The second-order valence-electron chi connectivity index (χ2n) is 2.82. The van der Waals surface area contributed by atoms with Crippen molar-refractivity contribution in [1.29, 1.82) is 0 Å². The molecule has 1 unspecified atom stereocenters. The summed E-state index contributed by atoms with van der Waals surface area (Å²) in [6.45, 7) is -0.378. The molecule has 1 aromatic carbocycles. The van der Waals surface area contributed by atoms with Crippen LogP contribution in [-0.2, 0) is 4.74 Å². The van der Waals surface area contributed by atoms with Crippen LogP contribution in [0.3, 0.4) is 0 Å². The third-order valence-electron chi connectivity index (χ3n) is 1.60. The van der Waals surface area contributed by atoms with Crippen molar-refractivity contribution in [3.05, 3.63) is 35.9 Å². The summed E-state index contributed by atoms with van der Waals surface area (Å²) in [5, 5.41) is 0. The van der Waals surface area contributed by atoms with Crippen LogP contribution in [0.25, 0.3) is 0 Å². The molecular formula is C11H8BrClF2O. The number of hydrogen-bond donors (Lipinski definition) is 0. The Kier molecular flexibility index (Phi) is 5.20. The van der Waals surface area contributed by atoms with Crippen molar-refractivity contribution in [2.24, 2.45) is 0 Å². The second-order valence-corrected chi connectivity index (χ2v) is 4.70. The van der Waals surface area contributed by atoms with Gasteiger partial charge in [0.1, 0.15) is 6.61 Å². The average Bonchev–Trinajstić information content (AvgIpc) is 2.26. The van der Waals surface area contributed by atoms with Crippen LogP contribution in [0.4, 0.5) is 8.78 Å². The van der Waals surface area contributed by atoms with Gasteiger partial charge in [-0.3, -0.25) is 0 Å². The zero-order valence-electron chi connectivity index (χ0n) is 8.09. The Morgan fingerprint density at radius 3 is 2.56 bits per heavy atom. The van der Waals surface area contributed by atoms with E-state index in [-0.39, 0.29) is 6.61 Å². The van der Waals surface area contributed by atoms with E-state index < -0.39 is 10.4 Å². The Morgan fingerprint density at radius 1 is 1.38 bits per heavy atom. The molecule has 1 nitrogen and oxygen atoms in total. The molecule has 86 valence electrons. The van der Waals surface area contributed by atoms with Gasteiger partial charge in [0.15, 0.2) is 4.29 Å². The van der Waals surface area contributed by atoms with Crippen molar-refractivity contribution in [2.45, 2.75) is 10.4 Å². The first-order chi connectivity index (χ1) is 7.52. The van der Waals surface area contributed by atoms with Crippen LogP contribution in [0.1, 0.15) is 5.56 Å². The van der Waals surface area contributed by atoms with Crippen LogP contribution < -0.4 is 0 Å². The van der Waals surface area contributed by atoms with Gasteiger partial charge in [-0.1, -0.05) is 46.0 Å². The van der Waals surface area contributed by atoms with Crippen LogP contribution in [0.5, 0.6) is 0 Å². The largest absolute Gasteiger partial charge is 0.382 e. The highest BCUT2D eigenvalue weighted by molar-refractivity contribution is 9.10. The highest BCUT2D eigenvalue weighted by atomic mass is 79.9. The van der Waals surface area contributed by atoms with E-state index in [0.717, 1.165) is 5.56 Å². The van der Waals surface area contributed by atoms with Crippen LogP contribution >= 0.6 is 27.5 Å². The first kappa shape index (κ1) is 13.4.